The summed E-state index contributed by atoms with van der Waals surface area (Å²) >= 11 is 5.35. The Morgan fingerprint density at radius 3 is 2.65 bits per heavy atom. The quantitative estimate of drug-likeness (QED) is 0.807. The first-order valence-electron chi connectivity index (χ1n) is 6.73. The number of halogens is 1. The summed E-state index contributed by atoms with van der Waals surface area (Å²) in [4.78, 5) is 1.42. The van der Waals surface area contributed by atoms with Crippen LogP contribution >= 0.6 is 27.3 Å². The molecule has 20 heavy (non-hydrogen) atoms. The fourth-order valence-corrected chi connectivity index (χ4v) is 4.03. The lowest BCUT2D eigenvalue weighted by atomic mass is 9.95. The molecule has 0 aliphatic carbocycles. The normalized spacial score (nSPS) is 12.3. The van der Waals surface area contributed by atoms with E-state index in [0.717, 1.165) is 25.1 Å². The minimum Gasteiger partial charge on any atom is -0.496 e. The van der Waals surface area contributed by atoms with E-state index < -0.39 is 0 Å². The van der Waals surface area contributed by atoms with Crippen LogP contribution < -0.4 is 10.1 Å². The van der Waals surface area contributed by atoms with Crippen molar-refractivity contribution in [2.45, 2.75) is 12.8 Å². The maximum absolute atomic E-state index is 5.45. The fraction of sp³-hybridized carbons (Fsp3) is 0.375. The van der Waals surface area contributed by atoms with Crippen LogP contribution in [0.2, 0.25) is 0 Å². The van der Waals surface area contributed by atoms with E-state index in [-0.39, 0.29) is 0 Å². The number of thiophene rings is 1. The molecule has 1 aromatic heterocycles. The number of para-hydroxylation sites is 1. The van der Waals surface area contributed by atoms with Crippen LogP contribution in [-0.2, 0) is 12.8 Å². The fourth-order valence-electron chi connectivity index (χ4n) is 2.43. The molecule has 2 nitrogen and oxygen atoms in total. The van der Waals surface area contributed by atoms with Gasteiger partial charge in [0, 0.05) is 4.88 Å². The van der Waals surface area contributed by atoms with Crippen molar-refractivity contribution >= 4 is 27.3 Å². The van der Waals surface area contributed by atoms with Crippen molar-refractivity contribution in [2.24, 2.45) is 5.92 Å². The lowest BCUT2D eigenvalue weighted by Crippen LogP contribution is -2.22. The van der Waals surface area contributed by atoms with Gasteiger partial charge in [0.1, 0.15) is 5.75 Å². The zero-order valence-electron chi connectivity index (χ0n) is 11.9. The molecule has 0 fully saturated rings. The molecule has 0 bridgehead atoms. The number of nitrogens with one attached hydrogen (secondary N) is 1. The zero-order chi connectivity index (χ0) is 14.4. The third-order valence-corrected chi connectivity index (χ3v) is 4.96. The molecule has 0 saturated carbocycles. The molecule has 0 aliphatic rings. The first-order chi connectivity index (χ1) is 9.72. The van der Waals surface area contributed by atoms with Gasteiger partial charge in [-0.3, -0.25) is 0 Å². The first kappa shape index (κ1) is 15.5. The van der Waals surface area contributed by atoms with Crippen molar-refractivity contribution in [3.05, 3.63) is 50.6 Å². The maximum atomic E-state index is 5.45. The van der Waals surface area contributed by atoms with Crippen molar-refractivity contribution in [3.63, 3.8) is 0 Å². The summed E-state index contributed by atoms with van der Waals surface area (Å²) in [5.74, 6) is 1.56. The van der Waals surface area contributed by atoms with Crippen molar-refractivity contribution in [3.8, 4) is 5.75 Å². The Labute approximate surface area is 133 Å². The van der Waals surface area contributed by atoms with E-state index in [2.05, 4.69) is 45.5 Å². The Morgan fingerprint density at radius 1 is 1.20 bits per heavy atom. The molecule has 1 atom stereocenters. The number of methoxy groups -OCH3 is 1. The molecule has 0 aliphatic heterocycles. The number of rotatable bonds is 7. The summed E-state index contributed by atoms with van der Waals surface area (Å²) in [5, 5.41) is 3.30. The van der Waals surface area contributed by atoms with E-state index in [1.165, 1.54) is 14.2 Å². The highest BCUT2D eigenvalue weighted by molar-refractivity contribution is 9.11. The van der Waals surface area contributed by atoms with E-state index in [0.29, 0.717) is 5.92 Å². The van der Waals surface area contributed by atoms with Gasteiger partial charge in [0.15, 0.2) is 0 Å². The zero-order valence-corrected chi connectivity index (χ0v) is 14.3. The van der Waals surface area contributed by atoms with Crippen LogP contribution in [0, 0.1) is 5.92 Å². The summed E-state index contributed by atoms with van der Waals surface area (Å²) in [6, 6.07) is 12.6. The van der Waals surface area contributed by atoms with Gasteiger partial charge in [0.25, 0.3) is 0 Å². The second-order valence-corrected chi connectivity index (χ2v) is 7.40. The summed E-state index contributed by atoms with van der Waals surface area (Å²) in [7, 11) is 3.75. The Kier molecular flexibility index (Phi) is 6.07. The average molecular weight is 354 g/mol. The molecule has 0 amide bonds. The molecule has 4 heteroatoms. The standard InChI is InChI=1S/C16H20BrNOS/c1-18-11-12(10-14-7-8-16(17)20-14)9-13-5-3-4-6-15(13)19-2/h3-8,12,18H,9-11H2,1-2H3. The molecule has 2 aromatic rings. The van der Waals surface area contributed by atoms with Gasteiger partial charge in [0.2, 0.25) is 0 Å². The molecule has 1 N–H and O–H groups in total. The monoisotopic (exact) mass is 353 g/mol. The average Bonchev–Trinajstić information content (AvgIpc) is 2.85. The SMILES string of the molecule is CNCC(Cc1ccc(Br)s1)Cc1ccccc1OC. The van der Waals surface area contributed by atoms with Gasteiger partial charge >= 0.3 is 0 Å². The Balaban J connectivity index is 2.08. The van der Waals surface area contributed by atoms with Gasteiger partial charge in [0.05, 0.1) is 10.9 Å². The topological polar surface area (TPSA) is 21.3 Å². The molecule has 1 aromatic carbocycles. The molecule has 1 unspecified atom stereocenters. The van der Waals surface area contributed by atoms with E-state index in [9.17, 15) is 0 Å². The van der Waals surface area contributed by atoms with Crippen molar-refractivity contribution in [2.75, 3.05) is 20.7 Å². The van der Waals surface area contributed by atoms with E-state index in [1.54, 1.807) is 7.11 Å². The van der Waals surface area contributed by atoms with Gasteiger partial charge in [-0.15, -0.1) is 11.3 Å². The summed E-state index contributed by atoms with van der Waals surface area (Å²) < 4.78 is 6.66. The predicted octanol–water partition coefficient (Wildman–Crippen LogP) is 4.14. The van der Waals surface area contributed by atoms with Crippen molar-refractivity contribution in [1.29, 1.82) is 0 Å². The van der Waals surface area contributed by atoms with Crippen molar-refractivity contribution < 1.29 is 4.74 Å². The molecule has 0 saturated heterocycles. The lowest BCUT2D eigenvalue weighted by Gasteiger charge is -2.17. The number of hydrogen-bond acceptors (Lipinski definition) is 3. The Morgan fingerprint density at radius 2 is 2.00 bits per heavy atom. The number of ether oxygens (including phenoxy) is 1. The van der Waals surface area contributed by atoms with Gasteiger partial charge in [-0.05, 0) is 72.0 Å². The van der Waals surface area contributed by atoms with Crippen LogP contribution in [-0.4, -0.2) is 20.7 Å². The van der Waals surface area contributed by atoms with Crippen molar-refractivity contribution in [1.82, 2.24) is 5.32 Å². The van der Waals surface area contributed by atoms with Crippen LogP contribution in [0.1, 0.15) is 10.4 Å². The molecule has 2 rings (SSSR count). The number of hydrogen-bond donors (Lipinski definition) is 1. The second-order valence-electron chi connectivity index (χ2n) is 4.85. The Bertz CT molecular complexity index is 541. The summed E-state index contributed by atoms with van der Waals surface area (Å²) in [6.45, 7) is 1.01. The van der Waals surface area contributed by atoms with Crippen LogP contribution in [0.5, 0.6) is 5.75 Å². The van der Waals surface area contributed by atoms with E-state index in [4.69, 9.17) is 4.74 Å². The highest BCUT2D eigenvalue weighted by atomic mass is 79.9. The third kappa shape index (κ3) is 4.33. The summed E-state index contributed by atoms with van der Waals surface area (Å²) in [6.07, 6.45) is 2.12. The Hall–Kier alpha value is -0.840. The molecule has 1 heterocycles. The first-order valence-corrected chi connectivity index (χ1v) is 8.34. The molecule has 0 spiro atoms. The minimum absolute atomic E-state index is 0.571. The third-order valence-electron chi connectivity index (χ3n) is 3.31. The molecule has 0 radical (unpaired) electrons. The van der Waals surface area contributed by atoms with E-state index >= 15 is 0 Å². The molecular formula is C16H20BrNOS. The predicted molar refractivity (Wildman–Crippen MR) is 89.8 cm³/mol. The van der Waals surface area contributed by atoms with Crippen LogP contribution in [0.4, 0.5) is 0 Å². The number of benzene rings is 1. The molecular weight excluding hydrogens is 334 g/mol. The van der Waals surface area contributed by atoms with Gasteiger partial charge < -0.3 is 10.1 Å². The lowest BCUT2D eigenvalue weighted by molar-refractivity contribution is 0.402. The van der Waals surface area contributed by atoms with Crippen LogP contribution in [0.15, 0.2) is 40.2 Å². The van der Waals surface area contributed by atoms with E-state index in [1.807, 2.05) is 30.5 Å². The van der Waals surface area contributed by atoms with Gasteiger partial charge in [-0.2, -0.15) is 0 Å². The van der Waals surface area contributed by atoms with Gasteiger partial charge in [-0.1, -0.05) is 18.2 Å². The molecule has 108 valence electrons. The van der Waals surface area contributed by atoms with Crippen LogP contribution in [0.3, 0.4) is 0 Å². The largest absolute Gasteiger partial charge is 0.496 e. The highest BCUT2D eigenvalue weighted by Crippen LogP contribution is 2.27. The second kappa shape index (κ2) is 7.81. The van der Waals surface area contributed by atoms with Crippen LogP contribution in [0.25, 0.3) is 0 Å². The minimum atomic E-state index is 0.571. The highest BCUT2D eigenvalue weighted by Gasteiger charge is 2.14. The summed E-state index contributed by atoms with van der Waals surface area (Å²) in [5.41, 5.74) is 1.28. The van der Waals surface area contributed by atoms with Gasteiger partial charge in [-0.25, -0.2) is 0 Å². The maximum Gasteiger partial charge on any atom is 0.122 e. The smallest absolute Gasteiger partial charge is 0.122 e.